The van der Waals surface area contributed by atoms with Gasteiger partial charge in [-0.25, -0.2) is 4.79 Å². The van der Waals surface area contributed by atoms with Crippen LogP contribution in [0.2, 0.25) is 0 Å². The molecule has 2 aromatic heterocycles. The van der Waals surface area contributed by atoms with E-state index >= 15 is 4.79 Å². The van der Waals surface area contributed by atoms with Crippen molar-refractivity contribution >= 4 is 34.8 Å². The number of ether oxygens (including phenoxy) is 2. The van der Waals surface area contributed by atoms with Crippen LogP contribution >= 0.6 is 0 Å². The molecule has 4 aromatic rings. The van der Waals surface area contributed by atoms with Crippen LogP contribution in [0.3, 0.4) is 0 Å². The van der Waals surface area contributed by atoms with Crippen molar-refractivity contribution in [2.75, 3.05) is 26.8 Å². The molecule has 4 aliphatic rings. The number of unbranched alkanes of at least 4 members (excludes halogenated alkanes) is 1. The molecule has 3 N–H and O–H groups in total. The molecule has 1 amide bonds. The lowest BCUT2D eigenvalue weighted by atomic mass is 9.79. The highest BCUT2D eigenvalue weighted by atomic mass is 16.5. The standard InChI is InChI=1S/C58H78N6O5/c1-8-58(24-12-13-26-59)25-27-63(36-58)53(42-18-10-11-19-42)55(66)62-49-30-40-16-14-20-43(29-40)44-22-23-50-45(32-44)47(54(64(50)9-2)46-28-38(3)34-61-52(46)39(4)68-7)33-57(5,6)37-69-56(67)48-21-15-17-41(35-60-48)31-51(49)65/h14,16,20,22-23,26,28-29,32,34-35,39,42,48-49,53,59-60H,8-13,15,17-19,21,24-25,27,30-31,33,36-37H2,1-7H3,(H,62,66)/t39-,48-,49-,53-,58-/m0/s1. The second-order valence-corrected chi connectivity index (χ2v) is 21.8. The molecule has 1 aliphatic carbocycles. The van der Waals surface area contributed by atoms with Crippen molar-refractivity contribution in [1.29, 1.82) is 5.41 Å². The fourth-order valence-electron chi connectivity index (χ4n) is 12.1. The number of fused-ring (bicyclic) bond motifs is 6. The minimum Gasteiger partial charge on any atom is -0.464 e. The molecular weight excluding hydrogens is 861 g/mol. The predicted octanol–water partition coefficient (Wildman–Crippen LogP) is 11.0. The maximum absolute atomic E-state index is 15.0. The monoisotopic (exact) mass is 939 g/mol. The summed E-state index contributed by atoms with van der Waals surface area (Å²) in [5, 5.41) is 15.5. The molecule has 11 nitrogen and oxygen atoms in total. The molecule has 8 rings (SSSR count). The van der Waals surface area contributed by atoms with Gasteiger partial charge >= 0.3 is 5.97 Å². The predicted molar refractivity (Wildman–Crippen MR) is 276 cm³/mol. The average molecular weight is 939 g/mol. The van der Waals surface area contributed by atoms with Gasteiger partial charge in [0.05, 0.1) is 36.2 Å². The van der Waals surface area contributed by atoms with Crippen molar-refractivity contribution in [3.8, 4) is 22.4 Å². The Kier molecular flexibility index (Phi) is 15.9. The zero-order valence-electron chi connectivity index (χ0n) is 42.6. The van der Waals surface area contributed by atoms with Crippen molar-refractivity contribution in [2.45, 2.75) is 169 Å². The van der Waals surface area contributed by atoms with E-state index in [9.17, 15) is 9.59 Å². The Labute approximate surface area is 411 Å². The number of pyridine rings is 1. The number of esters is 1. The second kappa shape index (κ2) is 21.9. The average Bonchev–Trinajstić information content (AvgIpc) is 4.05. The Morgan fingerprint density at radius 3 is 2.62 bits per heavy atom. The van der Waals surface area contributed by atoms with E-state index in [4.69, 9.17) is 19.9 Å². The van der Waals surface area contributed by atoms with E-state index in [1.54, 1.807) is 7.11 Å². The van der Waals surface area contributed by atoms with Crippen molar-refractivity contribution in [2.24, 2.45) is 16.7 Å². The first kappa shape index (κ1) is 50.3. The number of rotatable bonds is 13. The van der Waals surface area contributed by atoms with Gasteiger partial charge in [0.15, 0.2) is 5.78 Å². The van der Waals surface area contributed by atoms with Crippen LogP contribution in [-0.4, -0.2) is 83.3 Å². The smallest absolute Gasteiger partial charge is 0.328 e. The summed E-state index contributed by atoms with van der Waals surface area (Å²) in [6.45, 7) is 15.6. The van der Waals surface area contributed by atoms with Gasteiger partial charge in [0.25, 0.3) is 0 Å². The van der Waals surface area contributed by atoms with E-state index in [0.29, 0.717) is 25.7 Å². The molecule has 69 heavy (non-hydrogen) atoms. The van der Waals surface area contributed by atoms with Crippen LogP contribution in [0, 0.1) is 29.1 Å². The lowest BCUT2D eigenvalue weighted by molar-refractivity contribution is -0.149. The van der Waals surface area contributed by atoms with Crippen molar-refractivity contribution < 1.29 is 23.9 Å². The maximum Gasteiger partial charge on any atom is 0.328 e. The number of allylic oxidation sites excluding steroid dienone is 1. The van der Waals surface area contributed by atoms with Gasteiger partial charge < -0.3 is 30.1 Å². The van der Waals surface area contributed by atoms with E-state index in [1.165, 1.54) is 11.8 Å². The summed E-state index contributed by atoms with van der Waals surface area (Å²) in [6, 6.07) is 15.9. The highest BCUT2D eigenvalue weighted by Crippen LogP contribution is 2.44. The lowest BCUT2D eigenvalue weighted by Gasteiger charge is -2.35. The van der Waals surface area contributed by atoms with Crippen LogP contribution in [0.25, 0.3) is 33.3 Å². The second-order valence-electron chi connectivity index (χ2n) is 21.8. The Hall–Kier alpha value is -5.13. The summed E-state index contributed by atoms with van der Waals surface area (Å²) >= 11 is 0. The number of aromatic nitrogens is 2. The van der Waals surface area contributed by atoms with E-state index in [2.05, 4.69) is 103 Å². The molecule has 370 valence electrons. The highest BCUT2D eigenvalue weighted by molar-refractivity contribution is 5.96. The SMILES string of the molecule is CCn1c(-c2cc(C)cnc2[C@H](C)OC)c2c3cc(ccc31)-c1cccc(c1)C[C@H](NC(=O)[C@H](C1CCCC1)N1CC[C@](CC)(CCCC=N)C1)C(=O)CC1=CN[C@@H](CCC1)C(=O)OCC(C)(C)C2. The molecule has 11 heteroatoms. The normalized spacial score (nSPS) is 23.6. The first-order valence-corrected chi connectivity index (χ1v) is 26.2. The number of Topliss-reactive ketones (excluding diaryl/α,β-unsaturated/α-hetero) is 1. The molecule has 5 heterocycles. The summed E-state index contributed by atoms with van der Waals surface area (Å²) in [7, 11) is 1.72. The van der Waals surface area contributed by atoms with Gasteiger partial charge in [0.1, 0.15) is 6.04 Å². The number of carbonyl (C=O) groups excluding carboxylic acids is 3. The molecule has 5 atom stereocenters. The van der Waals surface area contributed by atoms with Crippen LogP contribution in [-0.2, 0) is 43.2 Å². The molecule has 3 aliphatic heterocycles. The molecular formula is C58H78N6O5. The molecule has 0 spiro atoms. The molecule has 1 saturated heterocycles. The van der Waals surface area contributed by atoms with Crippen molar-refractivity contribution in [3.63, 3.8) is 0 Å². The van der Waals surface area contributed by atoms with Gasteiger partial charge in [-0.2, -0.15) is 0 Å². The number of amides is 1. The first-order valence-electron chi connectivity index (χ1n) is 26.2. The van der Waals surface area contributed by atoms with E-state index < -0.39 is 17.5 Å². The number of ketones is 1. The number of benzene rings is 2. The Morgan fingerprint density at radius 2 is 1.87 bits per heavy atom. The number of likely N-dealkylation sites (tertiary alicyclic amines) is 1. The number of nitrogens with zero attached hydrogens (tertiary/aromatic N) is 3. The van der Waals surface area contributed by atoms with Gasteiger partial charge in [-0.3, -0.25) is 19.5 Å². The zero-order valence-corrected chi connectivity index (χ0v) is 42.6. The van der Waals surface area contributed by atoms with Gasteiger partial charge in [-0.05, 0) is 180 Å². The van der Waals surface area contributed by atoms with Crippen LogP contribution < -0.4 is 10.6 Å². The molecule has 0 unspecified atom stereocenters. The minimum atomic E-state index is -0.734. The number of hydrogen-bond donors (Lipinski definition) is 3. The summed E-state index contributed by atoms with van der Waals surface area (Å²) in [6.07, 6.45) is 17.5. The van der Waals surface area contributed by atoms with Crippen molar-refractivity contribution in [1.82, 2.24) is 25.1 Å². The topological polar surface area (TPSA) is 139 Å². The van der Waals surface area contributed by atoms with Crippen LogP contribution in [0.4, 0.5) is 0 Å². The minimum absolute atomic E-state index is 0.0209. The number of nitrogens with one attached hydrogen (secondary N) is 3. The number of carbonyl (C=O) groups is 3. The number of cyclic esters (lactones) is 1. The Bertz CT molecular complexity index is 2540. The third-order valence-corrected chi connectivity index (χ3v) is 16.1. The van der Waals surface area contributed by atoms with Gasteiger partial charge in [0, 0.05) is 54.7 Å². The van der Waals surface area contributed by atoms with Gasteiger partial charge in [-0.1, -0.05) is 63.9 Å². The third kappa shape index (κ3) is 11.3. The van der Waals surface area contributed by atoms with Gasteiger partial charge in [-0.15, -0.1) is 0 Å². The lowest BCUT2D eigenvalue weighted by Crippen LogP contribution is -2.54. The Morgan fingerprint density at radius 1 is 1.07 bits per heavy atom. The molecule has 0 radical (unpaired) electrons. The van der Waals surface area contributed by atoms with Crippen LogP contribution in [0.1, 0.15) is 147 Å². The third-order valence-electron chi connectivity index (χ3n) is 16.1. The summed E-state index contributed by atoms with van der Waals surface area (Å²) < 4.78 is 14.5. The quantitative estimate of drug-likeness (QED) is 0.0684. The summed E-state index contributed by atoms with van der Waals surface area (Å²) in [4.78, 5) is 51.2. The van der Waals surface area contributed by atoms with E-state index in [-0.39, 0.29) is 54.2 Å². The van der Waals surface area contributed by atoms with Crippen LogP contribution in [0.5, 0.6) is 0 Å². The van der Waals surface area contributed by atoms with Crippen LogP contribution in [0.15, 0.2) is 66.5 Å². The zero-order chi connectivity index (χ0) is 48.9. The molecule has 2 fully saturated rings. The fourth-order valence-corrected chi connectivity index (χ4v) is 12.1. The summed E-state index contributed by atoms with van der Waals surface area (Å²) in [5.74, 6) is -0.0881. The van der Waals surface area contributed by atoms with Gasteiger partial charge in [0.2, 0.25) is 5.91 Å². The highest BCUT2D eigenvalue weighted by Gasteiger charge is 2.44. The maximum atomic E-state index is 15.0. The summed E-state index contributed by atoms with van der Waals surface area (Å²) in [5.41, 5.74) is 10.1. The number of aryl methyl sites for hydroxylation is 2. The van der Waals surface area contributed by atoms with E-state index in [0.717, 1.165) is 140 Å². The molecule has 2 aromatic carbocycles. The number of methoxy groups -OCH3 is 1. The fraction of sp³-hybridized carbons (Fsp3) is 0.569. The number of hydrogen-bond acceptors (Lipinski definition) is 9. The largest absolute Gasteiger partial charge is 0.464 e. The van der Waals surface area contributed by atoms with E-state index in [1.807, 2.05) is 19.3 Å². The Balaban J connectivity index is 1.20. The molecule has 1 saturated carbocycles. The van der Waals surface area contributed by atoms with Crippen molar-refractivity contribution in [3.05, 3.63) is 88.9 Å². The first-order chi connectivity index (χ1) is 33.3. The molecule has 6 bridgehead atoms.